The fourth-order valence-electron chi connectivity index (χ4n) is 3.37. The van der Waals surface area contributed by atoms with Gasteiger partial charge >= 0.3 is 0 Å². The summed E-state index contributed by atoms with van der Waals surface area (Å²) in [6, 6.07) is 6.93. The van der Waals surface area contributed by atoms with Crippen molar-refractivity contribution in [3.63, 3.8) is 0 Å². The summed E-state index contributed by atoms with van der Waals surface area (Å²) in [4.78, 5) is 11.9. The van der Waals surface area contributed by atoms with Crippen LogP contribution in [0.25, 0.3) is 10.1 Å². The lowest BCUT2D eigenvalue weighted by Crippen LogP contribution is -2.35. The van der Waals surface area contributed by atoms with Gasteiger partial charge in [0, 0.05) is 17.2 Å². The molecule has 1 amide bonds. The summed E-state index contributed by atoms with van der Waals surface area (Å²) in [5.41, 5.74) is 2.84. The maximum atomic E-state index is 11.9. The molecule has 24 heavy (non-hydrogen) atoms. The molecule has 0 radical (unpaired) electrons. The zero-order valence-electron chi connectivity index (χ0n) is 14.8. The molecule has 130 valence electrons. The predicted octanol–water partition coefficient (Wildman–Crippen LogP) is 5.48. The van der Waals surface area contributed by atoms with Crippen molar-refractivity contribution in [1.29, 1.82) is 0 Å². The van der Waals surface area contributed by atoms with Crippen molar-refractivity contribution in [2.24, 2.45) is 5.92 Å². The van der Waals surface area contributed by atoms with Gasteiger partial charge in [0.25, 0.3) is 0 Å². The smallest absolute Gasteiger partial charge is 0.223 e. The zero-order valence-corrected chi connectivity index (χ0v) is 15.6. The number of hydrogen-bond donors (Lipinski definition) is 1. The Morgan fingerprint density at radius 1 is 1.21 bits per heavy atom. The number of benzene rings is 1. The van der Waals surface area contributed by atoms with E-state index >= 15 is 0 Å². The third-order valence-electron chi connectivity index (χ3n) is 5.21. The van der Waals surface area contributed by atoms with Crippen LogP contribution in [-0.4, -0.2) is 12.5 Å². The molecule has 1 aromatic heterocycles. The Morgan fingerprint density at radius 3 is 2.83 bits per heavy atom. The van der Waals surface area contributed by atoms with Crippen LogP contribution in [0.3, 0.4) is 0 Å². The van der Waals surface area contributed by atoms with E-state index in [0.29, 0.717) is 5.92 Å². The number of carbonyl (C=O) groups is 1. The minimum Gasteiger partial charge on any atom is -0.356 e. The van der Waals surface area contributed by atoms with Crippen molar-refractivity contribution >= 4 is 27.3 Å². The third kappa shape index (κ3) is 4.38. The monoisotopic (exact) mass is 343 g/mol. The average molecular weight is 344 g/mol. The summed E-state index contributed by atoms with van der Waals surface area (Å²) in [5, 5.41) is 6.78. The Labute approximate surface area is 149 Å². The second-order valence-corrected chi connectivity index (χ2v) is 7.98. The Balaban J connectivity index is 1.55. The fourth-order valence-corrected chi connectivity index (χ4v) is 4.35. The van der Waals surface area contributed by atoms with Gasteiger partial charge in [-0.25, -0.2) is 0 Å². The normalized spacial score (nSPS) is 14.7. The first-order valence-corrected chi connectivity index (χ1v) is 10.4. The summed E-state index contributed by atoms with van der Waals surface area (Å²) >= 11 is 1.82. The van der Waals surface area contributed by atoms with Gasteiger partial charge in [-0.3, -0.25) is 4.79 Å². The summed E-state index contributed by atoms with van der Waals surface area (Å²) in [6.45, 7) is 3.02. The molecule has 3 rings (SSSR count). The van der Waals surface area contributed by atoms with Crippen LogP contribution in [-0.2, 0) is 17.6 Å². The number of aryl methyl sites for hydroxylation is 1. The number of thiophene rings is 1. The van der Waals surface area contributed by atoms with Gasteiger partial charge in [0.2, 0.25) is 5.91 Å². The molecular weight excluding hydrogens is 314 g/mol. The van der Waals surface area contributed by atoms with Crippen molar-refractivity contribution in [2.45, 2.75) is 64.7 Å². The summed E-state index contributed by atoms with van der Waals surface area (Å²) in [6.07, 6.45) is 10.8. The molecule has 1 fully saturated rings. The molecule has 1 saturated carbocycles. The molecule has 1 N–H and O–H groups in total. The summed E-state index contributed by atoms with van der Waals surface area (Å²) in [5.74, 6) is 0.552. The number of nitrogens with one attached hydrogen (secondary N) is 1. The van der Waals surface area contributed by atoms with Crippen LogP contribution in [0.2, 0.25) is 0 Å². The number of amides is 1. The maximum absolute atomic E-state index is 11.9. The number of carbonyl (C=O) groups excluding carboxylic acids is 1. The Hall–Kier alpha value is -1.35. The molecule has 3 heteroatoms. The average Bonchev–Trinajstić information content (AvgIpc) is 2.92. The van der Waals surface area contributed by atoms with Crippen LogP contribution in [0.1, 0.15) is 63.0 Å². The van der Waals surface area contributed by atoms with Gasteiger partial charge in [0.05, 0.1) is 0 Å². The molecule has 1 aromatic carbocycles. The molecule has 0 atom stereocenters. The molecule has 0 spiro atoms. The first-order valence-electron chi connectivity index (χ1n) is 9.54. The summed E-state index contributed by atoms with van der Waals surface area (Å²) in [7, 11) is 0. The van der Waals surface area contributed by atoms with Gasteiger partial charge in [0.15, 0.2) is 0 Å². The van der Waals surface area contributed by atoms with E-state index in [-0.39, 0.29) is 5.91 Å². The van der Waals surface area contributed by atoms with E-state index in [9.17, 15) is 4.79 Å². The van der Waals surface area contributed by atoms with Crippen LogP contribution in [0.4, 0.5) is 0 Å². The fraction of sp³-hybridized carbons (Fsp3) is 0.571. The van der Waals surface area contributed by atoms with Crippen LogP contribution in [0, 0.1) is 5.92 Å². The number of unbranched alkanes of at least 4 members (excludes halogenated alkanes) is 3. The van der Waals surface area contributed by atoms with Crippen LogP contribution < -0.4 is 5.32 Å². The largest absolute Gasteiger partial charge is 0.356 e. The first kappa shape index (κ1) is 17.5. The topological polar surface area (TPSA) is 29.1 Å². The molecule has 0 bridgehead atoms. The molecule has 2 aromatic rings. The van der Waals surface area contributed by atoms with Crippen molar-refractivity contribution in [2.75, 3.05) is 6.54 Å². The number of rotatable bonds is 9. The zero-order chi connectivity index (χ0) is 16.8. The van der Waals surface area contributed by atoms with Crippen LogP contribution in [0.15, 0.2) is 23.6 Å². The van der Waals surface area contributed by atoms with E-state index in [1.54, 1.807) is 0 Å². The van der Waals surface area contributed by atoms with Crippen molar-refractivity contribution < 1.29 is 4.79 Å². The van der Waals surface area contributed by atoms with Gasteiger partial charge in [-0.1, -0.05) is 44.7 Å². The molecule has 1 aliphatic rings. The molecule has 1 heterocycles. The summed E-state index contributed by atoms with van der Waals surface area (Å²) < 4.78 is 1.37. The lowest BCUT2D eigenvalue weighted by Gasteiger charge is -2.23. The van der Waals surface area contributed by atoms with Gasteiger partial charge in [-0.05, 0) is 60.1 Å². The molecule has 0 aliphatic heterocycles. The number of hydrogen-bond acceptors (Lipinski definition) is 2. The van der Waals surface area contributed by atoms with Gasteiger partial charge in [-0.15, -0.1) is 11.3 Å². The van der Waals surface area contributed by atoms with Gasteiger partial charge in [-0.2, -0.15) is 0 Å². The van der Waals surface area contributed by atoms with E-state index in [2.05, 4.69) is 35.8 Å². The lowest BCUT2D eigenvalue weighted by atomic mass is 9.85. The Morgan fingerprint density at radius 2 is 2.08 bits per heavy atom. The van der Waals surface area contributed by atoms with Crippen LogP contribution in [0.5, 0.6) is 0 Å². The minimum absolute atomic E-state index is 0.261. The Bertz CT molecular complexity index is 672. The van der Waals surface area contributed by atoms with E-state index in [0.717, 1.165) is 25.8 Å². The van der Waals surface area contributed by atoms with Crippen LogP contribution >= 0.6 is 11.3 Å². The van der Waals surface area contributed by atoms with E-state index in [1.165, 1.54) is 59.7 Å². The SMILES string of the molecule is CCCCCCc1ccc2scc(CCNC(=O)C3CCC3)c2c1. The lowest BCUT2D eigenvalue weighted by molar-refractivity contribution is -0.127. The van der Waals surface area contributed by atoms with E-state index in [4.69, 9.17) is 0 Å². The quantitative estimate of drug-likeness (QED) is 0.600. The standard InChI is InChI=1S/C21H29NOS/c1-2-3-4-5-7-16-10-11-20-19(14-16)18(15-24-20)12-13-22-21(23)17-8-6-9-17/h10-11,14-15,17H,2-9,12-13H2,1H3,(H,22,23). The maximum Gasteiger partial charge on any atom is 0.223 e. The molecule has 1 aliphatic carbocycles. The highest BCUT2D eigenvalue weighted by molar-refractivity contribution is 7.17. The molecule has 0 saturated heterocycles. The highest BCUT2D eigenvalue weighted by Crippen LogP contribution is 2.28. The first-order chi connectivity index (χ1) is 11.8. The predicted molar refractivity (Wildman–Crippen MR) is 104 cm³/mol. The molecular formula is C21H29NOS. The molecule has 0 unspecified atom stereocenters. The highest BCUT2D eigenvalue weighted by Gasteiger charge is 2.24. The highest BCUT2D eigenvalue weighted by atomic mass is 32.1. The third-order valence-corrected chi connectivity index (χ3v) is 6.22. The van der Waals surface area contributed by atoms with E-state index < -0.39 is 0 Å². The van der Waals surface area contributed by atoms with Gasteiger partial charge in [0.1, 0.15) is 0 Å². The number of fused-ring (bicyclic) bond motifs is 1. The Kier molecular flexibility index (Phi) is 6.30. The molecule has 2 nitrogen and oxygen atoms in total. The van der Waals surface area contributed by atoms with E-state index in [1.807, 2.05) is 11.3 Å². The minimum atomic E-state index is 0.261. The van der Waals surface area contributed by atoms with Gasteiger partial charge < -0.3 is 5.32 Å². The second kappa shape index (κ2) is 8.66. The van der Waals surface area contributed by atoms with Crippen molar-refractivity contribution in [3.05, 3.63) is 34.7 Å². The van der Waals surface area contributed by atoms with Crippen molar-refractivity contribution in [1.82, 2.24) is 5.32 Å². The van der Waals surface area contributed by atoms with Crippen molar-refractivity contribution in [3.8, 4) is 0 Å². The second-order valence-electron chi connectivity index (χ2n) is 7.07.